The maximum Gasteiger partial charge on any atom is 0.404 e. The summed E-state index contributed by atoms with van der Waals surface area (Å²) in [7, 11) is 0. The van der Waals surface area contributed by atoms with Gasteiger partial charge in [-0.3, -0.25) is 0 Å². The Hall–Kier alpha value is -1.46. The van der Waals surface area contributed by atoms with Gasteiger partial charge in [0, 0.05) is 5.92 Å². The molecule has 14 heavy (non-hydrogen) atoms. The first-order valence-electron chi connectivity index (χ1n) is 4.26. The summed E-state index contributed by atoms with van der Waals surface area (Å²) in [6, 6.07) is 0. The monoisotopic (exact) mass is 204 g/mol. The van der Waals surface area contributed by atoms with Gasteiger partial charge in [0.05, 0.1) is 0 Å². The predicted molar refractivity (Wildman–Crippen MR) is 49.4 cm³/mol. The van der Waals surface area contributed by atoms with Crippen molar-refractivity contribution in [2.45, 2.75) is 33.0 Å². The molecule has 0 aromatic carbocycles. The van der Waals surface area contributed by atoms with Crippen LogP contribution in [0.1, 0.15) is 20.8 Å². The van der Waals surface area contributed by atoms with E-state index in [-0.39, 0.29) is 5.92 Å². The molecule has 0 spiro atoms. The number of hydrogen-bond acceptors (Lipinski definition) is 4. The number of carbonyl (C=O) groups is 2. The molecule has 0 aromatic rings. The van der Waals surface area contributed by atoms with Gasteiger partial charge < -0.3 is 20.9 Å². The third-order valence-electron chi connectivity index (χ3n) is 2.08. The van der Waals surface area contributed by atoms with Crippen LogP contribution in [-0.4, -0.2) is 24.4 Å². The molecular weight excluding hydrogens is 188 g/mol. The van der Waals surface area contributed by atoms with Crippen molar-refractivity contribution in [3.8, 4) is 0 Å². The molecule has 0 aromatic heterocycles. The minimum absolute atomic E-state index is 0.171. The van der Waals surface area contributed by atoms with E-state index in [1.54, 1.807) is 20.8 Å². The zero-order valence-electron chi connectivity index (χ0n) is 8.52. The fraction of sp³-hybridized carbons (Fsp3) is 0.750. The van der Waals surface area contributed by atoms with Crippen molar-refractivity contribution in [3.63, 3.8) is 0 Å². The fourth-order valence-electron chi connectivity index (χ4n) is 0.963. The zero-order chi connectivity index (χ0) is 11.3. The smallest absolute Gasteiger partial charge is 0.404 e. The number of rotatable bonds is 4. The highest BCUT2D eigenvalue weighted by Crippen LogP contribution is 2.14. The first-order chi connectivity index (χ1) is 6.34. The van der Waals surface area contributed by atoms with Gasteiger partial charge in [-0.15, -0.1) is 0 Å². The Balaban J connectivity index is 4.09. The van der Waals surface area contributed by atoms with Gasteiger partial charge in [-0.1, -0.05) is 6.92 Å². The lowest BCUT2D eigenvalue weighted by atomic mass is 10.0. The van der Waals surface area contributed by atoms with E-state index in [4.69, 9.17) is 20.9 Å². The molecule has 0 radical (unpaired) electrons. The average molecular weight is 204 g/mol. The molecule has 0 bridgehead atoms. The van der Waals surface area contributed by atoms with Crippen LogP contribution in [0.25, 0.3) is 0 Å². The van der Waals surface area contributed by atoms with E-state index in [1.807, 2.05) is 0 Å². The second kappa shape index (κ2) is 5.31. The van der Waals surface area contributed by atoms with Crippen LogP contribution in [-0.2, 0) is 9.47 Å². The Labute approximate surface area is 82.5 Å². The van der Waals surface area contributed by atoms with Crippen LogP contribution in [0.2, 0.25) is 0 Å². The molecular formula is C8H16N2O4. The molecule has 0 saturated heterocycles. The van der Waals surface area contributed by atoms with E-state index in [1.165, 1.54) is 0 Å². The van der Waals surface area contributed by atoms with Crippen molar-refractivity contribution in [1.82, 2.24) is 0 Å². The van der Waals surface area contributed by atoms with Gasteiger partial charge in [-0.2, -0.15) is 0 Å². The third-order valence-corrected chi connectivity index (χ3v) is 2.08. The summed E-state index contributed by atoms with van der Waals surface area (Å²) >= 11 is 0. The Morgan fingerprint density at radius 1 is 0.929 bits per heavy atom. The number of primary amides is 2. The molecule has 0 aliphatic heterocycles. The van der Waals surface area contributed by atoms with Gasteiger partial charge in [0.2, 0.25) is 0 Å². The molecule has 0 fully saturated rings. The zero-order valence-corrected chi connectivity index (χ0v) is 8.52. The van der Waals surface area contributed by atoms with E-state index >= 15 is 0 Å². The van der Waals surface area contributed by atoms with E-state index in [2.05, 4.69) is 0 Å². The van der Waals surface area contributed by atoms with Crippen LogP contribution in [0.15, 0.2) is 0 Å². The van der Waals surface area contributed by atoms with Crippen LogP contribution in [0.3, 0.4) is 0 Å². The van der Waals surface area contributed by atoms with Crippen molar-refractivity contribution in [2.24, 2.45) is 17.4 Å². The summed E-state index contributed by atoms with van der Waals surface area (Å²) in [6.45, 7) is 5.09. The quantitative estimate of drug-likeness (QED) is 0.699. The Kier molecular flexibility index (Phi) is 4.76. The number of ether oxygens (including phenoxy) is 2. The number of amides is 2. The van der Waals surface area contributed by atoms with E-state index < -0.39 is 24.4 Å². The molecule has 3 atom stereocenters. The summed E-state index contributed by atoms with van der Waals surface area (Å²) in [4.78, 5) is 20.9. The lowest BCUT2D eigenvalue weighted by Crippen LogP contribution is -2.35. The van der Waals surface area contributed by atoms with Crippen LogP contribution in [0.5, 0.6) is 0 Å². The molecule has 0 rings (SSSR count). The van der Waals surface area contributed by atoms with Gasteiger partial charge in [0.15, 0.2) is 0 Å². The van der Waals surface area contributed by atoms with Crippen molar-refractivity contribution < 1.29 is 19.1 Å². The first-order valence-corrected chi connectivity index (χ1v) is 4.26. The highest BCUT2D eigenvalue weighted by Gasteiger charge is 2.23. The molecule has 6 nitrogen and oxygen atoms in total. The minimum atomic E-state index is -0.851. The molecule has 0 saturated carbocycles. The lowest BCUT2D eigenvalue weighted by molar-refractivity contribution is 0.0178. The highest BCUT2D eigenvalue weighted by molar-refractivity contribution is 5.65. The second-order valence-corrected chi connectivity index (χ2v) is 3.14. The van der Waals surface area contributed by atoms with Crippen LogP contribution in [0, 0.1) is 5.92 Å². The number of carbonyl (C=O) groups excluding carboxylic acids is 2. The summed E-state index contributed by atoms with van der Waals surface area (Å²) in [5.41, 5.74) is 9.68. The molecule has 0 aliphatic carbocycles. The SMILES string of the molecule is CC([C@H](C)OC(N)=O)[C@@H](C)OC(N)=O. The normalized spacial score (nSPS) is 16.5. The third kappa shape index (κ3) is 4.54. The standard InChI is InChI=1S/C8H16N2O4/c1-4(5(2)13-7(9)11)6(3)14-8(10)12/h4-6H,1-3H3,(H2,9,11)(H2,10,12)/t4?,5-,6+. The summed E-state index contributed by atoms with van der Waals surface area (Å²) in [5.74, 6) is -0.171. The molecule has 0 heterocycles. The maximum absolute atomic E-state index is 10.4. The van der Waals surface area contributed by atoms with Crippen molar-refractivity contribution in [3.05, 3.63) is 0 Å². The van der Waals surface area contributed by atoms with Gasteiger partial charge in [-0.25, -0.2) is 9.59 Å². The molecule has 1 unspecified atom stereocenters. The van der Waals surface area contributed by atoms with Gasteiger partial charge in [0.25, 0.3) is 0 Å². The molecule has 82 valence electrons. The van der Waals surface area contributed by atoms with Crippen molar-refractivity contribution in [2.75, 3.05) is 0 Å². The topological polar surface area (TPSA) is 105 Å². The number of hydrogen-bond donors (Lipinski definition) is 2. The van der Waals surface area contributed by atoms with E-state index in [9.17, 15) is 9.59 Å². The van der Waals surface area contributed by atoms with E-state index in [0.29, 0.717) is 0 Å². The Bertz CT molecular complexity index is 197. The van der Waals surface area contributed by atoms with Crippen molar-refractivity contribution in [1.29, 1.82) is 0 Å². The second-order valence-electron chi connectivity index (χ2n) is 3.14. The minimum Gasteiger partial charge on any atom is -0.446 e. The Morgan fingerprint density at radius 3 is 1.43 bits per heavy atom. The van der Waals surface area contributed by atoms with Crippen LogP contribution in [0.4, 0.5) is 9.59 Å². The lowest BCUT2D eigenvalue weighted by Gasteiger charge is -2.24. The predicted octanol–water partition coefficient (Wildman–Crippen LogP) is 0.590. The Morgan fingerprint density at radius 2 is 1.21 bits per heavy atom. The average Bonchev–Trinajstić information content (AvgIpc) is 2.00. The fourth-order valence-corrected chi connectivity index (χ4v) is 0.963. The van der Waals surface area contributed by atoms with Crippen molar-refractivity contribution >= 4 is 12.2 Å². The molecule has 6 heteroatoms. The number of nitrogens with two attached hydrogens (primary N) is 2. The van der Waals surface area contributed by atoms with Gasteiger partial charge in [0.1, 0.15) is 12.2 Å². The molecule has 0 aliphatic rings. The maximum atomic E-state index is 10.4. The first kappa shape index (κ1) is 12.5. The van der Waals surface area contributed by atoms with Crippen LogP contribution < -0.4 is 11.5 Å². The molecule has 2 amide bonds. The summed E-state index contributed by atoms with van der Waals surface area (Å²) in [5, 5.41) is 0. The van der Waals surface area contributed by atoms with E-state index in [0.717, 1.165) is 0 Å². The summed E-state index contributed by atoms with van der Waals surface area (Å²) in [6.07, 6.45) is -2.56. The molecule has 4 N–H and O–H groups in total. The van der Waals surface area contributed by atoms with Gasteiger partial charge >= 0.3 is 12.2 Å². The highest BCUT2D eigenvalue weighted by atomic mass is 16.6. The van der Waals surface area contributed by atoms with Gasteiger partial charge in [-0.05, 0) is 13.8 Å². The largest absolute Gasteiger partial charge is 0.446 e. The summed E-state index contributed by atoms with van der Waals surface area (Å²) < 4.78 is 9.44. The van der Waals surface area contributed by atoms with Crippen LogP contribution >= 0.6 is 0 Å².